The second kappa shape index (κ2) is 5.70. The summed E-state index contributed by atoms with van der Waals surface area (Å²) in [4.78, 5) is 5.44. The van der Waals surface area contributed by atoms with Crippen LogP contribution in [0.3, 0.4) is 0 Å². The Labute approximate surface area is 130 Å². The van der Waals surface area contributed by atoms with Crippen molar-refractivity contribution < 1.29 is 12.9 Å². The third-order valence-electron chi connectivity index (χ3n) is 2.70. The lowest BCUT2D eigenvalue weighted by Crippen LogP contribution is -2.08. The predicted octanol–water partition coefficient (Wildman–Crippen LogP) is 3.28. The van der Waals surface area contributed by atoms with Crippen molar-refractivity contribution in [3.8, 4) is 9.88 Å². The molecule has 0 amide bonds. The number of sulfone groups is 1. The molecule has 8 heteroatoms. The van der Waals surface area contributed by atoms with Crippen molar-refractivity contribution in [2.24, 2.45) is 0 Å². The molecule has 21 heavy (non-hydrogen) atoms. The van der Waals surface area contributed by atoms with Crippen molar-refractivity contribution in [3.63, 3.8) is 0 Å². The van der Waals surface area contributed by atoms with Gasteiger partial charge in [-0.15, -0.1) is 22.7 Å². The van der Waals surface area contributed by atoms with E-state index in [-0.39, 0.29) is 11.5 Å². The van der Waals surface area contributed by atoms with Gasteiger partial charge in [0, 0.05) is 11.4 Å². The second-order valence-corrected chi connectivity index (χ2v) is 8.45. The lowest BCUT2D eigenvalue weighted by atomic mass is 10.4. The zero-order valence-corrected chi connectivity index (χ0v) is 13.6. The maximum atomic E-state index is 12.2. The molecule has 0 saturated carbocycles. The highest BCUT2D eigenvalue weighted by Gasteiger charge is 2.18. The SMILES string of the molecule is Cc1cc(CS(=O)(=O)Cc2csc(-c3cccs3)n2)no1. The number of aryl methyl sites for hydroxylation is 1. The summed E-state index contributed by atoms with van der Waals surface area (Å²) in [5.41, 5.74) is 1.00. The maximum absolute atomic E-state index is 12.2. The van der Waals surface area contributed by atoms with Crippen LogP contribution in [0.5, 0.6) is 0 Å². The summed E-state index contributed by atoms with van der Waals surface area (Å²) in [6, 6.07) is 5.56. The van der Waals surface area contributed by atoms with Crippen LogP contribution in [0.15, 0.2) is 33.5 Å². The zero-order valence-electron chi connectivity index (χ0n) is 11.1. The van der Waals surface area contributed by atoms with Gasteiger partial charge in [-0.25, -0.2) is 13.4 Å². The van der Waals surface area contributed by atoms with Crippen molar-refractivity contribution in [1.82, 2.24) is 10.1 Å². The summed E-state index contributed by atoms with van der Waals surface area (Å²) in [6.45, 7) is 1.73. The number of thiophene rings is 1. The quantitative estimate of drug-likeness (QED) is 0.712. The van der Waals surface area contributed by atoms with Gasteiger partial charge < -0.3 is 4.52 Å². The molecule has 3 aromatic rings. The molecule has 3 heterocycles. The van der Waals surface area contributed by atoms with E-state index in [1.807, 2.05) is 17.5 Å². The largest absolute Gasteiger partial charge is 0.361 e. The first-order valence-corrected chi connectivity index (χ1v) is 9.71. The van der Waals surface area contributed by atoms with Gasteiger partial charge in [-0.05, 0) is 18.4 Å². The standard InChI is InChI=1S/C13H12N2O3S3/c1-9-5-10(15-18-9)7-21(16,17)8-11-6-20-13(14-11)12-3-2-4-19-12/h2-6H,7-8H2,1H3. The molecular formula is C13H12N2O3S3. The number of rotatable bonds is 5. The number of nitrogens with zero attached hydrogens (tertiary/aromatic N) is 2. The molecule has 0 aliphatic rings. The molecule has 3 rings (SSSR count). The van der Waals surface area contributed by atoms with Crippen LogP contribution in [-0.2, 0) is 21.3 Å². The summed E-state index contributed by atoms with van der Waals surface area (Å²) in [6.07, 6.45) is 0. The average molecular weight is 340 g/mol. The predicted molar refractivity (Wildman–Crippen MR) is 83.0 cm³/mol. The summed E-state index contributed by atoms with van der Waals surface area (Å²) >= 11 is 3.05. The van der Waals surface area contributed by atoms with Gasteiger partial charge in [-0.2, -0.15) is 0 Å². The first-order valence-electron chi connectivity index (χ1n) is 6.13. The van der Waals surface area contributed by atoms with Gasteiger partial charge >= 0.3 is 0 Å². The summed E-state index contributed by atoms with van der Waals surface area (Å²) in [5.74, 6) is 0.394. The third kappa shape index (κ3) is 3.58. The summed E-state index contributed by atoms with van der Waals surface area (Å²) < 4.78 is 29.2. The molecule has 0 bridgehead atoms. The lowest BCUT2D eigenvalue weighted by molar-refractivity contribution is 0.392. The Morgan fingerprint density at radius 2 is 2.05 bits per heavy atom. The molecule has 0 spiro atoms. The highest BCUT2D eigenvalue weighted by Crippen LogP contribution is 2.28. The molecule has 0 aliphatic heterocycles. The second-order valence-electron chi connectivity index (χ2n) is 4.58. The van der Waals surface area contributed by atoms with E-state index < -0.39 is 9.84 Å². The highest BCUT2D eigenvalue weighted by molar-refractivity contribution is 7.89. The molecule has 0 atom stereocenters. The van der Waals surface area contributed by atoms with E-state index >= 15 is 0 Å². The van der Waals surface area contributed by atoms with Crippen LogP contribution in [0.25, 0.3) is 9.88 Å². The van der Waals surface area contributed by atoms with Gasteiger partial charge in [0.1, 0.15) is 10.8 Å². The van der Waals surface area contributed by atoms with E-state index in [2.05, 4.69) is 10.1 Å². The van der Waals surface area contributed by atoms with E-state index in [4.69, 9.17) is 4.52 Å². The first kappa shape index (κ1) is 14.4. The van der Waals surface area contributed by atoms with Crippen molar-refractivity contribution in [2.75, 3.05) is 0 Å². The van der Waals surface area contributed by atoms with Crippen LogP contribution in [0.1, 0.15) is 17.1 Å². The zero-order chi connectivity index (χ0) is 14.9. The Balaban J connectivity index is 1.73. The van der Waals surface area contributed by atoms with E-state index in [1.54, 1.807) is 29.7 Å². The molecular weight excluding hydrogens is 328 g/mol. The van der Waals surface area contributed by atoms with Crippen LogP contribution in [0.2, 0.25) is 0 Å². The fourth-order valence-corrected chi connectivity index (χ4v) is 4.90. The van der Waals surface area contributed by atoms with Crippen molar-refractivity contribution >= 4 is 32.5 Å². The molecule has 0 saturated heterocycles. The Bertz CT molecular complexity index is 832. The molecule has 3 aromatic heterocycles. The molecule has 0 fully saturated rings. The lowest BCUT2D eigenvalue weighted by Gasteiger charge is -1.98. The number of hydrogen-bond donors (Lipinski definition) is 0. The molecule has 0 N–H and O–H groups in total. The molecule has 5 nitrogen and oxygen atoms in total. The van der Waals surface area contributed by atoms with Crippen LogP contribution < -0.4 is 0 Å². The third-order valence-corrected chi connectivity index (χ3v) is 6.10. The number of thiazole rings is 1. The van der Waals surface area contributed by atoms with Gasteiger partial charge in [0.15, 0.2) is 9.84 Å². The summed E-state index contributed by atoms with van der Waals surface area (Å²) in [5, 5.41) is 8.34. The Hall–Kier alpha value is -1.51. The number of aromatic nitrogens is 2. The van der Waals surface area contributed by atoms with Crippen LogP contribution in [0.4, 0.5) is 0 Å². The van der Waals surface area contributed by atoms with Crippen molar-refractivity contribution in [1.29, 1.82) is 0 Å². The minimum atomic E-state index is -3.30. The van der Waals surface area contributed by atoms with Gasteiger partial charge in [-0.1, -0.05) is 11.2 Å². The fourth-order valence-electron chi connectivity index (χ4n) is 1.87. The Morgan fingerprint density at radius 1 is 1.24 bits per heavy atom. The van der Waals surface area contributed by atoms with E-state index in [0.29, 0.717) is 17.1 Å². The van der Waals surface area contributed by atoms with Crippen LogP contribution in [0, 0.1) is 6.92 Å². The van der Waals surface area contributed by atoms with E-state index in [0.717, 1.165) is 9.88 Å². The Kier molecular flexibility index (Phi) is 3.92. The van der Waals surface area contributed by atoms with E-state index in [1.165, 1.54) is 11.3 Å². The van der Waals surface area contributed by atoms with Gasteiger partial charge in [-0.3, -0.25) is 0 Å². The van der Waals surface area contributed by atoms with Crippen LogP contribution in [-0.4, -0.2) is 18.6 Å². The smallest absolute Gasteiger partial charge is 0.161 e. The van der Waals surface area contributed by atoms with Gasteiger partial charge in [0.05, 0.1) is 27.8 Å². The average Bonchev–Trinajstić information content (AvgIpc) is 3.09. The minimum absolute atomic E-state index is 0.0826. The molecule has 0 unspecified atom stereocenters. The van der Waals surface area contributed by atoms with Gasteiger partial charge in [0.25, 0.3) is 0 Å². The van der Waals surface area contributed by atoms with Crippen LogP contribution >= 0.6 is 22.7 Å². The first-order chi connectivity index (χ1) is 10.0. The molecule has 0 aliphatic carbocycles. The van der Waals surface area contributed by atoms with Gasteiger partial charge in [0.2, 0.25) is 0 Å². The topological polar surface area (TPSA) is 73.1 Å². The van der Waals surface area contributed by atoms with Crippen molar-refractivity contribution in [2.45, 2.75) is 18.4 Å². The molecule has 0 aromatic carbocycles. The minimum Gasteiger partial charge on any atom is -0.361 e. The van der Waals surface area contributed by atoms with Crippen molar-refractivity contribution in [3.05, 3.63) is 46.1 Å². The van der Waals surface area contributed by atoms with E-state index in [9.17, 15) is 8.42 Å². The highest BCUT2D eigenvalue weighted by atomic mass is 32.2. The monoisotopic (exact) mass is 340 g/mol. The molecule has 110 valence electrons. The Morgan fingerprint density at radius 3 is 2.71 bits per heavy atom. The summed E-state index contributed by atoms with van der Waals surface area (Å²) in [7, 11) is -3.30. The normalized spacial score (nSPS) is 11.9. The fraction of sp³-hybridized carbons (Fsp3) is 0.231. The number of hydrogen-bond acceptors (Lipinski definition) is 7. The molecule has 0 radical (unpaired) electrons. The maximum Gasteiger partial charge on any atom is 0.161 e.